The summed E-state index contributed by atoms with van der Waals surface area (Å²) in [6.07, 6.45) is 5.82. The molecule has 35 heavy (non-hydrogen) atoms. The summed E-state index contributed by atoms with van der Waals surface area (Å²) in [5, 5.41) is 16.8. The smallest absolute Gasteiger partial charge is 0.573 e. The summed E-state index contributed by atoms with van der Waals surface area (Å²) < 4.78 is 0. The summed E-state index contributed by atoms with van der Waals surface area (Å²) in [6, 6.07) is 12.2. The average molecular weight is 652 g/mol. The summed E-state index contributed by atoms with van der Waals surface area (Å²) in [6.45, 7) is 17.0. The van der Waals surface area contributed by atoms with Gasteiger partial charge in [0.05, 0.1) is 0 Å². The molecule has 0 atom stereocenters. The number of aromatic nitrogens is 6. The van der Waals surface area contributed by atoms with E-state index in [1.54, 1.807) is 0 Å². The van der Waals surface area contributed by atoms with Crippen LogP contribution in [-0.2, 0) is 44.7 Å². The van der Waals surface area contributed by atoms with Crippen LogP contribution in [0.2, 0.25) is 0 Å². The molecule has 0 amide bonds. The van der Waals surface area contributed by atoms with Crippen molar-refractivity contribution in [3.63, 3.8) is 0 Å². The third-order valence-corrected chi connectivity index (χ3v) is 5.61. The topological polar surface area (TPSA) is 79.8 Å². The van der Waals surface area contributed by atoms with Crippen LogP contribution in [0.4, 0.5) is 0 Å². The van der Waals surface area contributed by atoms with E-state index >= 15 is 0 Å². The van der Waals surface area contributed by atoms with E-state index < -0.39 is 0 Å². The van der Waals surface area contributed by atoms with Crippen molar-refractivity contribution >= 4 is 0 Å². The van der Waals surface area contributed by atoms with Gasteiger partial charge in [0.25, 0.3) is 0 Å². The first kappa shape index (κ1) is 28.6. The molecule has 0 aliphatic heterocycles. The second kappa shape index (κ2) is 11.9. The van der Waals surface area contributed by atoms with Crippen molar-refractivity contribution in [2.24, 2.45) is 0 Å². The predicted molar refractivity (Wildman–Crippen MR) is 138 cm³/mol. The number of pyridine rings is 2. The molecule has 188 valence electrons. The fraction of sp³-hybridized carbons (Fsp3) is 0.429. The number of hydrogen-bond donors (Lipinski definition) is 0. The van der Waals surface area contributed by atoms with Gasteiger partial charge in [0, 0.05) is 46.0 Å². The minimum atomic E-state index is 0. The molecule has 7 heteroatoms. The Morgan fingerprint density at radius 3 is 1.23 bits per heavy atom. The SMILES string of the molecule is CCc1ccc(-c2cc(C(C)(C)C)n[n-]2)nc1.CCc1ccc(-c2cc(C(C)(C)C)n[n-]2)nc1.[Pt+2]. The molecular weight excluding hydrogens is 615 g/mol. The molecule has 0 aliphatic rings. The second-order valence-electron chi connectivity index (χ2n) is 10.5. The van der Waals surface area contributed by atoms with Crippen LogP contribution in [-0.4, -0.2) is 20.2 Å². The molecule has 0 aliphatic carbocycles. The van der Waals surface area contributed by atoms with Gasteiger partial charge in [0.2, 0.25) is 0 Å². The Morgan fingerprint density at radius 2 is 1.00 bits per heavy atom. The average Bonchev–Trinajstić information content (AvgIpc) is 3.50. The van der Waals surface area contributed by atoms with Crippen LogP contribution >= 0.6 is 0 Å². The van der Waals surface area contributed by atoms with Gasteiger partial charge in [-0.3, -0.25) is 9.97 Å². The Hall–Kier alpha value is -2.59. The molecule has 0 saturated heterocycles. The molecule has 4 aromatic heterocycles. The van der Waals surface area contributed by atoms with Crippen LogP contribution < -0.4 is 10.2 Å². The fourth-order valence-corrected chi connectivity index (χ4v) is 3.14. The van der Waals surface area contributed by atoms with Crippen molar-refractivity contribution in [2.45, 2.75) is 79.1 Å². The molecule has 4 heterocycles. The van der Waals surface area contributed by atoms with Gasteiger partial charge in [-0.25, -0.2) is 0 Å². The minimum absolute atomic E-state index is 0. The van der Waals surface area contributed by atoms with Gasteiger partial charge < -0.3 is 20.4 Å². The zero-order chi connectivity index (χ0) is 24.9. The Bertz CT molecular complexity index is 1080. The van der Waals surface area contributed by atoms with Gasteiger partial charge in [-0.15, -0.1) is 0 Å². The quantitative estimate of drug-likeness (QED) is 0.273. The largest absolute Gasteiger partial charge is 2.00 e. The van der Waals surface area contributed by atoms with Gasteiger partial charge in [-0.1, -0.05) is 91.0 Å². The van der Waals surface area contributed by atoms with E-state index in [-0.39, 0.29) is 31.9 Å². The standard InChI is InChI=1S/2C14H18N3.Pt/c2*1-5-10-6-7-11(15-9-10)12-8-13(17-16-12)14(2,3)4;/h2*6-9H,5H2,1-4H3;/q2*-1;+2. The maximum Gasteiger partial charge on any atom is 2.00 e. The van der Waals surface area contributed by atoms with Gasteiger partial charge in [-0.05, 0) is 36.1 Å². The fourth-order valence-electron chi connectivity index (χ4n) is 3.14. The van der Waals surface area contributed by atoms with Crippen molar-refractivity contribution < 1.29 is 21.1 Å². The number of aryl methyl sites for hydroxylation is 2. The minimum Gasteiger partial charge on any atom is -0.573 e. The van der Waals surface area contributed by atoms with Crippen LogP contribution in [0.1, 0.15) is 77.9 Å². The van der Waals surface area contributed by atoms with Crippen molar-refractivity contribution in [3.05, 3.63) is 71.3 Å². The molecule has 0 unspecified atom stereocenters. The zero-order valence-electron chi connectivity index (χ0n) is 22.0. The van der Waals surface area contributed by atoms with Gasteiger partial charge in [-0.2, -0.15) is 0 Å². The van der Waals surface area contributed by atoms with E-state index in [1.165, 1.54) is 11.1 Å². The van der Waals surface area contributed by atoms with Gasteiger partial charge in [0.1, 0.15) is 0 Å². The summed E-state index contributed by atoms with van der Waals surface area (Å²) in [5.41, 5.74) is 8.07. The summed E-state index contributed by atoms with van der Waals surface area (Å²) >= 11 is 0. The maximum atomic E-state index is 4.41. The second-order valence-corrected chi connectivity index (χ2v) is 10.5. The molecule has 0 N–H and O–H groups in total. The van der Waals surface area contributed by atoms with E-state index in [4.69, 9.17) is 0 Å². The van der Waals surface area contributed by atoms with E-state index in [9.17, 15) is 0 Å². The Morgan fingerprint density at radius 1 is 0.629 bits per heavy atom. The van der Waals surface area contributed by atoms with Gasteiger partial charge >= 0.3 is 21.1 Å². The third kappa shape index (κ3) is 7.70. The molecule has 0 fully saturated rings. The van der Waals surface area contributed by atoms with Crippen molar-refractivity contribution in [1.82, 2.24) is 30.4 Å². The molecule has 4 aromatic rings. The Labute approximate surface area is 224 Å². The van der Waals surface area contributed by atoms with Crippen LogP contribution in [0.3, 0.4) is 0 Å². The normalized spacial score (nSPS) is 11.4. The summed E-state index contributed by atoms with van der Waals surface area (Å²) in [7, 11) is 0. The van der Waals surface area contributed by atoms with E-state index in [0.29, 0.717) is 0 Å². The van der Waals surface area contributed by atoms with Crippen molar-refractivity contribution in [3.8, 4) is 22.8 Å². The molecule has 0 spiro atoms. The van der Waals surface area contributed by atoms with Gasteiger partial charge in [0.15, 0.2) is 0 Å². The maximum absolute atomic E-state index is 4.41. The molecule has 0 radical (unpaired) electrons. The zero-order valence-corrected chi connectivity index (χ0v) is 24.3. The monoisotopic (exact) mass is 651 g/mol. The predicted octanol–water partition coefficient (Wildman–Crippen LogP) is 5.92. The Kier molecular flexibility index (Phi) is 9.74. The first-order valence-electron chi connectivity index (χ1n) is 11.9. The summed E-state index contributed by atoms with van der Waals surface area (Å²) in [5.74, 6) is 0. The number of rotatable bonds is 4. The van der Waals surface area contributed by atoms with E-state index in [1.807, 2.05) is 36.7 Å². The van der Waals surface area contributed by atoms with Crippen LogP contribution in [0.15, 0.2) is 48.8 Å². The molecular formula is C28H36N6Pt. The Balaban J connectivity index is 0.000000240. The van der Waals surface area contributed by atoms with Crippen LogP contribution in [0.25, 0.3) is 22.8 Å². The van der Waals surface area contributed by atoms with Crippen molar-refractivity contribution in [1.29, 1.82) is 0 Å². The summed E-state index contributed by atoms with van der Waals surface area (Å²) in [4.78, 5) is 8.83. The van der Waals surface area contributed by atoms with Crippen LogP contribution in [0.5, 0.6) is 0 Å². The third-order valence-electron chi connectivity index (χ3n) is 5.61. The first-order valence-corrected chi connectivity index (χ1v) is 11.9. The molecule has 0 bridgehead atoms. The van der Waals surface area contributed by atoms with Crippen molar-refractivity contribution in [2.75, 3.05) is 0 Å². The number of nitrogens with zero attached hydrogens (tertiary/aromatic N) is 6. The van der Waals surface area contributed by atoms with E-state index in [0.717, 1.165) is 47.0 Å². The number of hydrogen-bond acceptors (Lipinski definition) is 4. The molecule has 6 nitrogen and oxygen atoms in total. The molecule has 0 aromatic carbocycles. The van der Waals surface area contributed by atoms with E-state index in [2.05, 4.69) is 97.9 Å². The first-order chi connectivity index (χ1) is 16.0. The molecule has 0 saturated carbocycles. The molecule has 4 rings (SSSR count). The van der Waals surface area contributed by atoms with Crippen LogP contribution in [0, 0.1) is 0 Å².